The first kappa shape index (κ1) is 52.4. The van der Waals surface area contributed by atoms with Crippen molar-refractivity contribution in [1.29, 1.82) is 0 Å². The van der Waals surface area contributed by atoms with Crippen molar-refractivity contribution < 1.29 is 28.6 Å². The standard InChI is InChI=1S/C49H86O6/c1-4-7-10-13-16-19-22-24-25-28-30-33-36-39-42-48(51)54-45-46(44-53-47(50)41-38-35-32-29-26-21-18-15-12-9-6-3)55-49(52)43-40-37-34-31-27-23-20-17-14-11-8-5-2/h9,12,18,21,25,28-29,32,46H,4-8,10-11,13-17,19-20,22-24,26-27,30-31,33-45H2,1-3H3/b12-9-,21-18-,28-25-,32-29-. The summed E-state index contributed by atoms with van der Waals surface area (Å²) in [7, 11) is 0. The largest absolute Gasteiger partial charge is 0.462 e. The van der Waals surface area contributed by atoms with Crippen LogP contribution in [0, 0.1) is 0 Å². The zero-order valence-electron chi connectivity index (χ0n) is 36.2. The quantitative estimate of drug-likeness (QED) is 0.0267. The van der Waals surface area contributed by atoms with E-state index in [1.807, 2.05) is 0 Å². The molecule has 0 fully saturated rings. The van der Waals surface area contributed by atoms with Crippen LogP contribution in [0.4, 0.5) is 0 Å². The van der Waals surface area contributed by atoms with E-state index in [9.17, 15) is 14.4 Å². The number of ether oxygens (including phenoxy) is 3. The second-order valence-corrected chi connectivity index (χ2v) is 15.3. The number of esters is 3. The molecule has 0 rings (SSSR count). The lowest BCUT2D eigenvalue weighted by atomic mass is 10.0. The van der Waals surface area contributed by atoms with Gasteiger partial charge in [-0.15, -0.1) is 0 Å². The van der Waals surface area contributed by atoms with Crippen LogP contribution in [0.25, 0.3) is 0 Å². The molecular formula is C49H86O6. The predicted molar refractivity (Wildman–Crippen MR) is 233 cm³/mol. The minimum absolute atomic E-state index is 0.0951. The van der Waals surface area contributed by atoms with Gasteiger partial charge in [-0.05, 0) is 70.6 Å². The minimum Gasteiger partial charge on any atom is -0.462 e. The fourth-order valence-corrected chi connectivity index (χ4v) is 6.34. The van der Waals surface area contributed by atoms with E-state index >= 15 is 0 Å². The molecule has 0 aliphatic carbocycles. The summed E-state index contributed by atoms with van der Waals surface area (Å²) >= 11 is 0. The van der Waals surface area contributed by atoms with E-state index in [4.69, 9.17) is 14.2 Å². The first-order valence-corrected chi connectivity index (χ1v) is 23.1. The molecule has 0 aliphatic rings. The Balaban J connectivity index is 4.44. The molecule has 0 N–H and O–H groups in total. The average molecular weight is 771 g/mol. The van der Waals surface area contributed by atoms with Crippen LogP contribution in [0.2, 0.25) is 0 Å². The molecule has 0 amide bonds. The van der Waals surface area contributed by atoms with Crippen LogP contribution in [-0.2, 0) is 28.6 Å². The maximum atomic E-state index is 12.7. The van der Waals surface area contributed by atoms with E-state index in [0.29, 0.717) is 19.3 Å². The van der Waals surface area contributed by atoms with E-state index < -0.39 is 6.10 Å². The second kappa shape index (κ2) is 44.1. The van der Waals surface area contributed by atoms with E-state index in [1.54, 1.807) is 0 Å². The van der Waals surface area contributed by atoms with Crippen LogP contribution >= 0.6 is 0 Å². The highest BCUT2D eigenvalue weighted by Gasteiger charge is 2.19. The highest BCUT2D eigenvalue weighted by atomic mass is 16.6. The van der Waals surface area contributed by atoms with Crippen molar-refractivity contribution in [1.82, 2.24) is 0 Å². The fraction of sp³-hybridized carbons (Fsp3) is 0.776. The lowest BCUT2D eigenvalue weighted by Gasteiger charge is -2.18. The monoisotopic (exact) mass is 771 g/mol. The maximum Gasteiger partial charge on any atom is 0.306 e. The zero-order valence-corrected chi connectivity index (χ0v) is 36.2. The Bertz CT molecular complexity index is 980. The van der Waals surface area contributed by atoms with Gasteiger partial charge >= 0.3 is 17.9 Å². The maximum absolute atomic E-state index is 12.7. The number of allylic oxidation sites excluding steroid dienone is 8. The molecule has 0 spiro atoms. The Morgan fingerprint density at radius 2 is 0.727 bits per heavy atom. The van der Waals surface area contributed by atoms with Gasteiger partial charge in [0.25, 0.3) is 0 Å². The van der Waals surface area contributed by atoms with Gasteiger partial charge in [-0.2, -0.15) is 0 Å². The summed E-state index contributed by atoms with van der Waals surface area (Å²) in [5, 5.41) is 0. The van der Waals surface area contributed by atoms with Gasteiger partial charge in [-0.3, -0.25) is 14.4 Å². The summed E-state index contributed by atoms with van der Waals surface area (Å²) in [6.07, 6.45) is 51.0. The molecule has 6 nitrogen and oxygen atoms in total. The topological polar surface area (TPSA) is 78.9 Å². The Morgan fingerprint density at radius 3 is 1.22 bits per heavy atom. The summed E-state index contributed by atoms with van der Waals surface area (Å²) in [6.45, 7) is 6.44. The van der Waals surface area contributed by atoms with Crippen LogP contribution in [0.15, 0.2) is 48.6 Å². The lowest BCUT2D eigenvalue weighted by molar-refractivity contribution is -0.167. The van der Waals surface area contributed by atoms with Gasteiger partial charge < -0.3 is 14.2 Å². The van der Waals surface area contributed by atoms with Gasteiger partial charge in [0.15, 0.2) is 6.10 Å². The molecule has 0 radical (unpaired) electrons. The summed E-state index contributed by atoms with van der Waals surface area (Å²) in [5.41, 5.74) is 0. The van der Waals surface area contributed by atoms with Crippen molar-refractivity contribution in [2.75, 3.05) is 13.2 Å². The number of rotatable bonds is 41. The van der Waals surface area contributed by atoms with Crippen LogP contribution in [0.3, 0.4) is 0 Å². The third-order valence-corrected chi connectivity index (χ3v) is 9.82. The van der Waals surface area contributed by atoms with Gasteiger partial charge in [-0.1, -0.05) is 185 Å². The molecule has 0 saturated carbocycles. The summed E-state index contributed by atoms with van der Waals surface area (Å²) in [5.74, 6) is -0.965. The first-order valence-electron chi connectivity index (χ1n) is 23.1. The van der Waals surface area contributed by atoms with Crippen molar-refractivity contribution in [2.45, 2.75) is 232 Å². The van der Waals surface area contributed by atoms with Gasteiger partial charge in [0.1, 0.15) is 13.2 Å². The lowest BCUT2D eigenvalue weighted by Crippen LogP contribution is -2.30. The summed E-state index contributed by atoms with van der Waals surface area (Å²) in [6, 6.07) is 0. The number of hydrogen-bond donors (Lipinski definition) is 0. The Hall–Kier alpha value is -2.63. The third kappa shape index (κ3) is 42.4. The summed E-state index contributed by atoms with van der Waals surface area (Å²) < 4.78 is 16.6. The minimum atomic E-state index is -0.793. The van der Waals surface area contributed by atoms with Crippen molar-refractivity contribution in [2.24, 2.45) is 0 Å². The first-order chi connectivity index (χ1) is 27.0. The van der Waals surface area contributed by atoms with E-state index in [2.05, 4.69) is 69.4 Å². The zero-order chi connectivity index (χ0) is 40.1. The van der Waals surface area contributed by atoms with E-state index in [1.165, 1.54) is 103 Å². The molecule has 0 heterocycles. The van der Waals surface area contributed by atoms with Crippen LogP contribution in [0.5, 0.6) is 0 Å². The smallest absolute Gasteiger partial charge is 0.306 e. The Morgan fingerprint density at radius 1 is 0.382 bits per heavy atom. The highest BCUT2D eigenvalue weighted by Crippen LogP contribution is 2.14. The van der Waals surface area contributed by atoms with E-state index in [-0.39, 0.29) is 37.5 Å². The molecule has 318 valence electrons. The number of carbonyl (C=O) groups is 3. The normalized spacial score (nSPS) is 12.4. The molecule has 0 aromatic heterocycles. The molecule has 1 unspecified atom stereocenters. The molecule has 0 aromatic carbocycles. The molecule has 6 heteroatoms. The molecule has 0 aliphatic heterocycles. The highest BCUT2D eigenvalue weighted by molar-refractivity contribution is 5.71. The van der Waals surface area contributed by atoms with Crippen LogP contribution in [-0.4, -0.2) is 37.2 Å². The van der Waals surface area contributed by atoms with E-state index in [0.717, 1.165) is 77.0 Å². The van der Waals surface area contributed by atoms with Gasteiger partial charge in [-0.25, -0.2) is 0 Å². The van der Waals surface area contributed by atoms with Gasteiger partial charge in [0.2, 0.25) is 0 Å². The average Bonchev–Trinajstić information content (AvgIpc) is 3.18. The Labute approximate surface area is 339 Å². The van der Waals surface area contributed by atoms with Crippen molar-refractivity contribution >= 4 is 17.9 Å². The van der Waals surface area contributed by atoms with Crippen LogP contribution < -0.4 is 0 Å². The van der Waals surface area contributed by atoms with Gasteiger partial charge in [0.05, 0.1) is 0 Å². The van der Waals surface area contributed by atoms with Crippen LogP contribution in [0.1, 0.15) is 226 Å². The van der Waals surface area contributed by atoms with Crippen molar-refractivity contribution in [3.63, 3.8) is 0 Å². The predicted octanol–water partition coefficient (Wildman–Crippen LogP) is 14.8. The van der Waals surface area contributed by atoms with Crippen molar-refractivity contribution in [3.05, 3.63) is 48.6 Å². The fourth-order valence-electron chi connectivity index (χ4n) is 6.34. The molecule has 55 heavy (non-hydrogen) atoms. The number of hydrogen-bond acceptors (Lipinski definition) is 6. The molecular weight excluding hydrogens is 685 g/mol. The molecule has 0 bridgehead atoms. The Kier molecular flexibility index (Phi) is 42.0. The number of unbranched alkanes of at least 4 members (excludes halogenated alkanes) is 22. The second-order valence-electron chi connectivity index (χ2n) is 15.3. The molecule has 0 aromatic rings. The van der Waals surface area contributed by atoms with Crippen molar-refractivity contribution in [3.8, 4) is 0 Å². The summed E-state index contributed by atoms with van der Waals surface area (Å²) in [4.78, 5) is 37.7. The molecule has 0 saturated heterocycles. The third-order valence-electron chi connectivity index (χ3n) is 9.82. The SMILES string of the molecule is CC/C=C\C/C=C\C/C=C\CCCC(=O)OCC(COC(=O)CCCCC/C=C\CCCCCCCCC)OC(=O)CCCCCCCCCCCCCC. The number of carbonyl (C=O) groups excluding carboxylic acids is 3. The van der Waals surface area contributed by atoms with Gasteiger partial charge in [0, 0.05) is 19.3 Å². The molecule has 1 atom stereocenters.